The van der Waals surface area contributed by atoms with Gasteiger partial charge in [-0.25, -0.2) is 4.39 Å². The minimum atomic E-state index is -0.200. The van der Waals surface area contributed by atoms with E-state index in [0.29, 0.717) is 30.2 Å². The quantitative estimate of drug-likeness (QED) is 0.577. The zero-order valence-electron chi connectivity index (χ0n) is 15.1. The van der Waals surface area contributed by atoms with Crippen LogP contribution in [0.5, 0.6) is 11.5 Å². The molecule has 0 fully saturated rings. The summed E-state index contributed by atoms with van der Waals surface area (Å²) in [4.78, 5) is 2.07. The molecule has 0 unspecified atom stereocenters. The standard InChI is InChI=1S/C21H22FNO3S/c1-25-20-12-15(6-8-19(20)26-11-10-24)13-23-14-16-7-9-21(27-16)17-4-2-3-5-18(17)22/h2-9,12,23-24H,10-11,13-14H2,1H3. The molecule has 27 heavy (non-hydrogen) atoms. The molecule has 6 heteroatoms. The van der Waals surface area contributed by atoms with Gasteiger partial charge in [-0.05, 0) is 35.9 Å². The number of nitrogens with one attached hydrogen (secondary N) is 1. The average Bonchev–Trinajstić information content (AvgIpc) is 3.15. The highest BCUT2D eigenvalue weighted by atomic mass is 32.1. The van der Waals surface area contributed by atoms with Gasteiger partial charge in [0.1, 0.15) is 12.4 Å². The van der Waals surface area contributed by atoms with Crippen LogP contribution in [0.15, 0.2) is 54.6 Å². The van der Waals surface area contributed by atoms with Gasteiger partial charge in [0.15, 0.2) is 11.5 Å². The first-order valence-corrected chi connectivity index (χ1v) is 9.48. The Hall–Kier alpha value is -2.41. The van der Waals surface area contributed by atoms with Crippen LogP contribution >= 0.6 is 11.3 Å². The first-order chi connectivity index (χ1) is 13.2. The van der Waals surface area contributed by atoms with Crippen LogP contribution in [-0.2, 0) is 13.1 Å². The van der Waals surface area contributed by atoms with E-state index in [1.54, 1.807) is 30.6 Å². The van der Waals surface area contributed by atoms with Crippen LogP contribution in [0.2, 0.25) is 0 Å². The third-order valence-electron chi connectivity index (χ3n) is 4.01. The van der Waals surface area contributed by atoms with Gasteiger partial charge >= 0.3 is 0 Å². The lowest BCUT2D eigenvalue weighted by atomic mass is 10.2. The summed E-state index contributed by atoms with van der Waals surface area (Å²) in [5, 5.41) is 12.3. The molecule has 4 nitrogen and oxygen atoms in total. The largest absolute Gasteiger partial charge is 0.493 e. The Morgan fingerprint density at radius 2 is 1.89 bits per heavy atom. The van der Waals surface area contributed by atoms with E-state index in [0.717, 1.165) is 15.3 Å². The van der Waals surface area contributed by atoms with Crippen molar-refractivity contribution in [2.24, 2.45) is 0 Å². The zero-order chi connectivity index (χ0) is 19.1. The van der Waals surface area contributed by atoms with Crippen molar-refractivity contribution in [1.82, 2.24) is 5.32 Å². The predicted molar refractivity (Wildman–Crippen MR) is 106 cm³/mol. The fraction of sp³-hybridized carbons (Fsp3) is 0.238. The van der Waals surface area contributed by atoms with Gasteiger partial charge in [0.05, 0.1) is 13.7 Å². The number of hydrogen-bond donors (Lipinski definition) is 2. The number of rotatable bonds is 9. The number of halogens is 1. The molecule has 3 rings (SSSR count). The molecular weight excluding hydrogens is 365 g/mol. The van der Waals surface area contributed by atoms with Crippen LogP contribution in [0.4, 0.5) is 4.39 Å². The molecule has 3 aromatic rings. The summed E-state index contributed by atoms with van der Waals surface area (Å²) < 4.78 is 24.7. The van der Waals surface area contributed by atoms with E-state index in [1.807, 2.05) is 36.4 Å². The van der Waals surface area contributed by atoms with Crippen molar-refractivity contribution < 1.29 is 19.0 Å². The Morgan fingerprint density at radius 1 is 1.04 bits per heavy atom. The normalized spacial score (nSPS) is 10.8. The number of aliphatic hydroxyl groups excluding tert-OH is 1. The van der Waals surface area contributed by atoms with Gasteiger partial charge in [0.25, 0.3) is 0 Å². The SMILES string of the molecule is COc1cc(CNCc2ccc(-c3ccccc3F)s2)ccc1OCCO. The molecule has 0 bridgehead atoms. The average molecular weight is 387 g/mol. The summed E-state index contributed by atoms with van der Waals surface area (Å²) >= 11 is 1.58. The van der Waals surface area contributed by atoms with E-state index in [1.165, 1.54) is 6.07 Å². The molecule has 0 aliphatic heterocycles. The molecule has 0 saturated heterocycles. The maximum absolute atomic E-state index is 13.9. The molecule has 0 radical (unpaired) electrons. The molecule has 0 aliphatic carbocycles. The molecule has 142 valence electrons. The van der Waals surface area contributed by atoms with E-state index >= 15 is 0 Å². The number of benzene rings is 2. The number of ether oxygens (including phenoxy) is 2. The molecule has 2 N–H and O–H groups in total. The smallest absolute Gasteiger partial charge is 0.161 e. The Bertz CT molecular complexity index is 881. The third-order valence-corrected chi connectivity index (χ3v) is 5.12. The number of hydrogen-bond acceptors (Lipinski definition) is 5. The highest BCUT2D eigenvalue weighted by Gasteiger charge is 2.08. The number of methoxy groups -OCH3 is 1. The van der Waals surface area contributed by atoms with Gasteiger partial charge in [0.2, 0.25) is 0 Å². The summed E-state index contributed by atoms with van der Waals surface area (Å²) in [5.41, 5.74) is 1.70. The zero-order valence-corrected chi connectivity index (χ0v) is 15.9. The van der Waals surface area contributed by atoms with Crippen LogP contribution in [0.1, 0.15) is 10.4 Å². The van der Waals surface area contributed by atoms with Crippen LogP contribution in [0, 0.1) is 5.82 Å². The van der Waals surface area contributed by atoms with Crippen molar-refractivity contribution in [3.8, 4) is 21.9 Å². The van der Waals surface area contributed by atoms with Gasteiger partial charge < -0.3 is 19.9 Å². The Morgan fingerprint density at radius 3 is 2.67 bits per heavy atom. The van der Waals surface area contributed by atoms with E-state index < -0.39 is 0 Å². The fourth-order valence-electron chi connectivity index (χ4n) is 2.71. The summed E-state index contributed by atoms with van der Waals surface area (Å²) in [7, 11) is 1.59. The molecule has 0 aliphatic rings. The van der Waals surface area contributed by atoms with E-state index in [9.17, 15) is 4.39 Å². The van der Waals surface area contributed by atoms with Crippen LogP contribution in [0.3, 0.4) is 0 Å². The van der Waals surface area contributed by atoms with E-state index in [4.69, 9.17) is 14.6 Å². The first kappa shape index (κ1) is 19.4. The number of aliphatic hydroxyl groups is 1. The van der Waals surface area contributed by atoms with Crippen molar-refractivity contribution in [2.75, 3.05) is 20.3 Å². The highest BCUT2D eigenvalue weighted by Crippen LogP contribution is 2.30. The lowest BCUT2D eigenvalue weighted by Gasteiger charge is -2.11. The third kappa shape index (κ3) is 5.07. The van der Waals surface area contributed by atoms with Gasteiger partial charge in [-0.1, -0.05) is 24.3 Å². The van der Waals surface area contributed by atoms with Crippen molar-refractivity contribution in [3.05, 3.63) is 70.9 Å². The van der Waals surface area contributed by atoms with Gasteiger partial charge in [0, 0.05) is 28.4 Å². The minimum Gasteiger partial charge on any atom is -0.493 e. The maximum Gasteiger partial charge on any atom is 0.161 e. The minimum absolute atomic E-state index is 0.0395. The molecule has 1 aromatic heterocycles. The first-order valence-electron chi connectivity index (χ1n) is 8.66. The molecule has 0 saturated carbocycles. The monoisotopic (exact) mass is 387 g/mol. The maximum atomic E-state index is 13.9. The summed E-state index contributed by atoms with van der Waals surface area (Å²) in [5.74, 6) is 1.05. The number of thiophene rings is 1. The van der Waals surface area contributed by atoms with Gasteiger partial charge in [-0.3, -0.25) is 0 Å². The molecule has 0 spiro atoms. The molecular formula is C21H22FNO3S. The lowest BCUT2D eigenvalue weighted by molar-refractivity contribution is 0.196. The van der Waals surface area contributed by atoms with Crippen LogP contribution in [0.25, 0.3) is 10.4 Å². The lowest BCUT2D eigenvalue weighted by Crippen LogP contribution is -2.12. The summed E-state index contributed by atoms with van der Waals surface area (Å²) in [6.45, 7) is 1.56. The van der Waals surface area contributed by atoms with Crippen molar-refractivity contribution in [2.45, 2.75) is 13.1 Å². The Balaban J connectivity index is 1.58. The van der Waals surface area contributed by atoms with Crippen molar-refractivity contribution in [3.63, 3.8) is 0 Å². The van der Waals surface area contributed by atoms with Gasteiger partial charge in [-0.15, -0.1) is 11.3 Å². The van der Waals surface area contributed by atoms with Crippen molar-refractivity contribution in [1.29, 1.82) is 0 Å². The Labute approximate surface area is 162 Å². The Kier molecular flexibility index (Phi) is 6.81. The van der Waals surface area contributed by atoms with E-state index in [2.05, 4.69) is 5.32 Å². The van der Waals surface area contributed by atoms with Gasteiger partial charge in [-0.2, -0.15) is 0 Å². The van der Waals surface area contributed by atoms with E-state index in [-0.39, 0.29) is 19.0 Å². The predicted octanol–water partition coefficient (Wildman–Crippen LogP) is 4.22. The second kappa shape index (κ2) is 9.50. The molecule has 1 heterocycles. The van der Waals surface area contributed by atoms with Crippen LogP contribution < -0.4 is 14.8 Å². The highest BCUT2D eigenvalue weighted by molar-refractivity contribution is 7.15. The second-order valence-corrected chi connectivity index (χ2v) is 7.07. The molecule has 2 aromatic carbocycles. The van der Waals surface area contributed by atoms with Crippen LogP contribution in [-0.4, -0.2) is 25.4 Å². The summed E-state index contributed by atoms with van der Waals surface area (Å²) in [6.07, 6.45) is 0. The summed E-state index contributed by atoms with van der Waals surface area (Å²) in [6, 6.07) is 16.5. The topological polar surface area (TPSA) is 50.7 Å². The van der Waals surface area contributed by atoms with Crippen molar-refractivity contribution >= 4 is 11.3 Å². The molecule has 0 amide bonds. The molecule has 0 atom stereocenters. The fourth-order valence-corrected chi connectivity index (χ4v) is 3.71. The second-order valence-electron chi connectivity index (χ2n) is 5.91.